The molecule has 2 aromatic carbocycles. The highest BCUT2D eigenvalue weighted by Crippen LogP contribution is 2.31. The van der Waals surface area contributed by atoms with Crippen molar-refractivity contribution in [2.24, 2.45) is 0 Å². The Morgan fingerprint density at radius 3 is 2.81 bits per heavy atom. The maximum Gasteiger partial charge on any atom is 0.242 e. The van der Waals surface area contributed by atoms with Gasteiger partial charge in [0.1, 0.15) is 18.0 Å². The first-order valence-corrected chi connectivity index (χ1v) is 8.89. The minimum absolute atomic E-state index is 0.0240. The molecule has 0 aliphatic carbocycles. The van der Waals surface area contributed by atoms with Gasteiger partial charge in [-0.2, -0.15) is 0 Å². The molecule has 0 spiro atoms. The molecule has 0 N–H and O–H groups in total. The zero-order chi connectivity index (χ0) is 19.4. The second kappa shape index (κ2) is 8.12. The zero-order valence-electron chi connectivity index (χ0n) is 15.9. The molecule has 0 fully saturated rings. The van der Waals surface area contributed by atoms with Crippen molar-refractivity contribution in [3.63, 3.8) is 0 Å². The average Bonchev–Trinajstić information content (AvgIpc) is 2.81. The number of methoxy groups -OCH3 is 1. The number of rotatable bonds is 5. The van der Waals surface area contributed by atoms with E-state index in [9.17, 15) is 9.59 Å². The molecule has 6 heteroatoms. The molecule has 1 aliphatic heterocycles. The third kappa shape index (κ3) is 4.22. The van der Waals surface area contributed by atoms with E-state index in [2.05, 4.69) is 0 Å². The molecule has 2 amide bonds. The third-order valence-electron chi connectivity index (χ3n) is 4.59. The van der Waals surface area contributed by atoms with E-state index in [0.717, 1.165) is 16.9 Å². The van der Waals surface area contributed by atoms with Gasteiger partial charge in [0.05, 0.1) is 25.8 Å². The summed E-state index contributed by atoms with van der Waals surface area (Å²) in [6.07, 6.45) is 0.247. The van der Waals surface area contributed by atoms with Crippen LogP contribution in [0.5, 0.6) is 11.5 Å². The van der Waals surface area contributed by atoms with E-state index in [0.29, 0.717) is 24.6 Å². The number of amides is 2. The Kier molecular flexibility index (Phi) is 5.64. The standard InChI is InChI=1S/C21H24N2O4/c1-15-8-9-18(26-3)16(12-15)13-22(2)21(25)14-23-17-6-4-5-7-19(17)27-11-10-20(23)24/h4-9,12H,10-11,13-14H2,1-3H3. The van der Waals surface area contributed by atoms with Crippen molar-refractivity contribution in [2.45, 2.75) is 19.9 Å². The Morgan fingerprint density at radius 1 is 1.26 bits per heavy atom. The fourth-order valence-electron chi connectivity index (χ4n) is 3.12. The van der Waals surface area contributed by atoms with Gasteiger partial charge in [-0.1, -0.05) is 29.8 Å². The van der Waals surface area contributed by atoms with E-state index in [-0.39, 0.29) is 24.8 Å². The number of likely N-dealkylation sites (N-methyl/N-ethyl adjacent to an activating group) is 1. The Balaban J connectivity index is 1.76. The molecule has 0 saturated heterocycles. The second-order valence-corrected chi connectivity index (χ2v) is 6.61. The topological polar surface area (TPSA) is 59.1 Å². The van der Waals surface area contributed by atoms with Gasteiger partial charge in [-0.05, 0) is 25.1 Å². The number of aryl methyl sites for hydroxylation is 1. The van der Waals surface area contributed by atoms with E-state index in [1.54, 1.807) is 25.1 Å². The summed E-state index contributed by atoms with van der Waals surface area (Å²) in [5, 5.41) is 0. The summed E-state index contributed by atoms with van der Waals surface area (Å²) in [4.78, 5) is 28.4. The highest BCUT2D eigenvalue weighted by Gasteiger charge is 2.26. The normalized spacial score (nSPS) is 13.4. The molecular weight excluding hydrogens is 344 g/mol. The van der Waals surface area contributed by atoms with Crippen molar-refractivity contribution in [1.29, 1.82) is 0 Å². The molecule has 1 aliphatic rings. The lowest BCUT2D eigenvalue weighted by molar-refractivity contribution is -0.130. The Hall–Kier alpha value is -3.02. The molecule has 142 valence electrons. The summed E-state index contributed by atoms with van der Waals surface area (Å²) in [5.74, 6) is 1.10. The van der Waals surface area contributed by atoms with Crippen LogP contribution in [0.4, 0.5) is 5.69 Å². The molecule has 0 bridgehead atoms. The number of nitrogens with zero attached hydrogens (tertiary/aromatic N) is 2. The van der Waals surface area contributed by atoms with Crippen molar-refractivity contribution in [1.82, 2.24) is 4.90 Å². The van der Waals surface area contributed by atoms with Crippen LogP contribution in [0.3, 0.4) is 0 Å². The predicted octanol–water partition coefficient (Wildman–Crippen LogP) is 2.78. The number of para-hydroxylation sites is 2. The maximum absolute atomic E-state index is 12.8. The van der Waals surface area contributed by atoms with Gasteiger partial charge in [0.15, 0.2) is 0 Å². The molecule has 2 aromatic rings. The number of anilines is 1. The maximum atomic E-state index is 12.8. The van der Waals surface area contributed by atoms with Gasteiger partial charge in [-0.3, -0.25) is 14.5 Å². The van der Waals surface area contributed by atoms with E-state index in [1.807, 2.05) is 43.3 Å². The van der Waals surface area contributed by atoms with Crippen LogP contribution in [0, 0.1) is 6.92 Å². The lowest BCUT2D eigenvalue weighted by Gasteiger charge is -2.25. The highest BCUT2D eigenvalue weighted by molar-refractivity contribution is 6.00. The molecule has 0 atom stereocenters. The van der Waals surface area contributed by atoms with Crippen molar-refractivity contribution in [3.8, 4) is 11.5 Å². The van der Waals surface area contributed by atoms with Crippen LogP contribution in [-0.2, 0) is 16.1 Å². The minimum atomic E-state index is -0.149. The molecule has 1 heterocycles. The number of ether oxygens (including phenoxy) is 2. The van der Waals surface area contributed by atoms with Gasteiger partial charge in [0, 0.05) is 19.2 Å². The summed E-state index contributed by atoms with van der Waals surface area (Å²) < 4.78 is 11.0. The molecule has 27 heavy (non-hydrogen) atoms. The van der Waals surface area contributed by atoms with Crippen LogP contribution >= 0.6 is 0 Å². The van der Waals surface area contributed by atoms with Gasteiger partial charge >= 0.3 is 0 Å². The summed E-state index contributed by atoms with van der Waals surface area (Å²) in [7, 11) is 3.34. The molecule has 6 nitrogen and oxygen atoms in total. The Labute approximate surface area is 159 Å². The Morgan fingerprint density at radius 2 is 2.04 bits per heavy atom. The van der Waals surface area contributed by atoms with E-state index >= 15 is 0 Å². The van der Waals surface area contributed by atoms with Gasteiger partial charge in [0.2, 0.25) is 11.8 Å². The van der Waals surface area contributed by atoms with Gasteiger partial charge in [-0.25, -0.2) is 0 Å². The van der Waals surface area contributed by atoms with E-state index < -0.39 is 0 Å². The van der Waals surface area contributed by atoms with Crippen molar-refractivity contribution in [3.05, 3.63) is 53.6 Å². The van der Waals surface area contributed by atoms with Crippen LogP contribution < -0.4 is 14.4 Å². The third-order valence-corrected chi connectivity index (χ3v) is 4.59. The summed E-state index contributed by atoms with van der Waals surface area (Å²) in [6.45, 7) is 2.70. The lowest BCUT2D eigenvalue weighted by atomic mass is 10.1. The summed E-state index contributed by atoms with van der Waals surface area (Å²) >= 11 is 0. The van der Waals surface area contributed by atoms with Gasteiger partial charge in [0.25, 0.3) is 0 Å². The van der Waals surface area contributed by atoms with Crippen LogP contribution in [0.2, 0.25) is 0 Å². The van der Waals surface area contributed by atoms with Crippen LogP contribution in [0.15, 0.2) is 42.5 Å². The van der Waals surface area contributed by atoms with E-state index in [1.165, 1.54) is 4.90 Å². The highest BCUT2D eigenvalue weighted by atomic mass is 16.5. The molecule has 3 rings (SSSR count). The predicted molar refractivity (Wildman–Crippen MR) is 103 cm³/mol. The summed E-state index contributed by atoms with van der Waals surface area (Å²) in [6, 6.07) is 13.2. The van der Waals surface area contributed by atoms with Gasteiger partial charge < -0.3 is 14.4 Å². The first-order chi connectivity index (χ1) is 13.0. The lowest BCUT2D eigenvalue weighted by Crippen LogP contribution is -2.41. The van der Waals surface area contributed by atoms with Crippen LogP contribution in [0.25, 0.3) is 0 Å². The van der Waals surface area contributed by atoms with Crippen LogP contribution in [0.1, 0.15) is 17.5 Å². The molecule has 0 aromatic heterocycles. The monoisotopic (exact) mass is 368 g/mol. The number of hydrogen-bond acceptors (Lipinski definition) is 4. The first kappa shape index (κ1) is 18.8. The average molecular weight is 368 g/mol. The van der Waals surface area contributed by atoms with Gasteiger partial charge in [-0.15, -0.1) is 0 Å². The van der Waals surface area contributed by atoms with Crippen molar-refractivity contribution >= 4 is 17.5 Å². The molecule has 0 saturated carbocycles. The van der Waals surface area contributed by atoms with E-state index in [4.69, 9.17) is 9.47 Å². The van der Waals surface area contributed by atoms with Crippen molar-refractivity contribution in [2.75, 3.05) is 32.2 Å². The number of benzene rings is 2. The fourth-order valence-corrected chi connectivity index (χ4v) is 3.12. The fraction of sp³-hybridized carbons (Fsp3) is 0.333. The SMILES string of the molecule is COc1ccc(C)cc1CN(C)C(=O)CN1C(=O)CCOc2ccccc21. The number of fused-ring (bicyclic) bond motifs is 1. The van der Waals surface area contributed by atoms with Crippen molar-refractivity contribution < 1.29 is 19.1 Å². The molecule has 0 unspecified atom stereocenters. The smallest absolute Gasteiger partial charge is 0.242 e. The molecular formula is C21H24N2O4. The van der Waals surface area contributed by atoms with Crippen LogP contribution in [-0.4, -0.2) is 44.0 Å². The minimum Gasteiger partial charge on any atom is -0.496 e. The Bertz CT molecular complexity index is 850. The summed E-state index contributed by atoms with van der Waals surface area (Å²) in [5.41, 5.74) is 2.66. The zero-order valence-corrected chi connectivity index (χ0v) is 15.9. The second-order valence-electron chi connectivity index (χ2n) is 6.61. The quantitative estimate of drug-likeness (QED) is 0.814. The number of carbonyl (C=O) groups excluding carboxylic acids is 2. The first-order valence-electron chi connectivity index (χ1n) is 8.89. The largest absolute Gasteiger partial charge is 0.496 e. The molecule has 0 radical (unpaired) electrons. The number of carbonyl (C=O) groups is 2. The number of hydrogen-bond donors (Lipinski definition) is 0.